The van der Waals surface area contributed by atoms with Gasteiger partial charge in [0.15, 0.2) is 0 Å². The Morgan fingerprint density at radius 2 is 1.74 bits per heavy atom. The maximum atomic E-state index is 12.1. The van der Waals surface area contributed by atoms with E-state index in [-0.39, 0.29) is 5.91 Å². The molecule has 0 aliphatic rings. The number of rotatable bonds is 6. The summed E-state index contributed by atoms with van der Waals surface area (Å²) < 4.78 is 10.6. The van der Waals surface area contributed by atoms with E-state index >= 15 is 0 Å². The van der Waals surface area contributed by atoms with E-state index in [0.717, 1.165) is 33.8 Å². The van der Waals surface area contributed by atoms with Gasteiger partial charge >= 0.3 is 0 Å². The first kappa shape index (κ1) is 16.9. The number of nitrogens with one attached hydrogen (secondary N) is 1. The lowest BCUT2D eigenvalue weighted by Crippen LogP contribution is -2.25. The van der Waals surface area contributed by atoms with E-state index < -0.39 is 0 Å². The summed E-state index contributed by atoms with van der Waals surface area (Å²) in [5, 5.41) is 2.96. The van der Waals surface area contributed by atoms with Crippen LogP contribution in [0.15, 0.2) is 36.4 Å². The number of amides is 1. The molecule has 0 fully saturated rings. The van der Waals surface area contributed by atoms with Crippen LogP contribution in [0, 0.1) is 13.8 Å². The third-order valence-electron chi connectivity index (χ3n) is 3.70. The maximum Gasteiger partial charge on any atom is 0.224 e. The van der Waals surface area contributed by atoms with Crippen LogP contribution in [0.2, 0.25) is 0 Å². The van der Waals surface area contributed by atoms with Gasteiger partial charge < -0.3 is 14.8 Å². The molecule has 0 bridgehead atoms. The summed E-state index contributed by atoms with van der Waals surface area (Å²) >= 11 is 0. The predicted octanol–water partition coefficient (Wildman–Crippen LogP) is 3.18. The Morgan fingerprint density at radius 3 is 2.35 bits per heavy atom. The number of aryl methyl sites for hydroxylation is 2. The van der Waals surface area contributed by atoms with Crippen LogP contribution in [-0.4, -0.2) is 20.1 Å². The number of benzene rings is 2. The molecular formula is C19H23NO3. The number of carbonyl (C=O) groups is 1. The molecule has 0 heterocycles. The molecule has 2 aromatic carbocycles. The maximum absolute atomic E-state index is 12.1. The van der Waals surface area contributed by atoms with Crippen molar-refractivity contribution in [2.75, 3.05) is 14.2 Å². The fourth-order valence-corrected chi connectivity index (χ4v) is 2.65. The molecule has 4 nitrogen and oxygen atoms in total. The lowest BCUT2D eigenvalue weighted by atomic mass is 10.1. The minimum Gasteiger partial charge on any atom is -0.497 e. The highest BCUT2D eigenvalue weighted by atomic mass is 16.5. The van der Waals surface area contributed by atoms with Gasteiger partial charge in [-0.05, 0) is 37.1 Å². The minimum atomic E-state index is -0.0172. The molecule has 0 aromatic heterocycles. The third-order valence-corrected chi connectivity index (χ3v) is 3.70. The molecule has 1 N–H and O–H groups in total. The first-order valence-electron chi connectivity index (χ1n) is 7.57. The number of hydrogen-bond donors (Lipinski definition) is 1. The van der Waals surface area contributed by atoms with Crippen LogP contribution < -0.4 is 14.8 Å². The first-order chi connectivity index (χ1) is 11.0. The van der Waals surface area contributed by atoms with Crippen molar-refractivity contribution in [3.05, 3.63) is 58.7 Å². The van der Waals surface area contributed by atoms with Gasteiger partial charge in [-0.2, -0.15) is 0 Å². The summed E-state index contributed by atoms with van der Waals surface area (Å²) in [4.78, 5) is 12.1. The predicted molar refractivity (Wildman–Crippen MR) is 91.0 cm³/mol. The summed E-state index contributed by atoms with van der Waals surface area (Å²) in [6.45, 7) is 4.50. The average molecular weight is 313 g/mol. The molecule has 4 heteroatoms. The monoisotopic (exact) mass is 313 g/mol. The number of hydrogen-bond acceptors (Lipinski definition) is 3. The van der Waals surface area contributed by atoms with Crippen molar-refractivity contribution in [2.24, 2.45) is 0 Å². The van der Waals surface area contributed by atoms with Gasteiger partial charge in [0.05, 0.1) is 20.6 Å². The molecule has 0 saturated carbocycles. The molecule has 0 saturated heterocycles. The Morgan fingerprint density at radius 1 is 1.04 bits per heavy atom. The molecule has 1 amide bonds. The Labute approximate surface area is 137 Å². The molecule has 0 aliphatic carbocycles. The van der Waals surface area contributed by atoms with Crippen LogP contribution in [0.25, 0.3) is 0 Å². The second-order valence-corrected chi connectivity index (χ2v) is 5.58. The second kappa shape index (κ2) is 7.68. The van der Waals surface area contributed by atoms with Crippen molar-refractivity contribution >= 4 is 5.91 Å². The van der Waals surface area contributed by atoms with Gasteiger partial charge in [-0.3, -0.25) is 4.79 Å². The fraction of sp³-hybridized carbons (Fsp3) is 0.316. The second-order valence-electron chi connectivity index (χ2n) is 5.58. The van der Waals surface area contributed by atoms with Crippen molar-refractivity contribution in [1.29, 1.82) is 0 Å². The van der Waals surface area contributed by atoms with Gasteiger partial charge in [-0.25, -0.2) is 0 Å². The number of carbonyl (C=O) groups excluding carboxylic acids is 1. The smallest absolute Gasteiger partial charge is 0.224 e. The van der Waals surface area contributed by atoms with Crippen LogP contribution in [0.4, 0.5) is 0 Å². The molecule has 2 aromatic rings. The highest BCUT2D eigenvalue weighted by Gasteiger charge is 2.09. The van der Waals surface area contributed by atoms with Crippen LogP contribution >= 0.6 is 0 Å². The zero-order valence-electron chi connectivity index (χ0n) is 14.1. The summed E-state index contributed by atoms with van der Waals surface area (Å²) in [7, 11) is 3.28. The van der Waals surface area contributed by atoms with Gasteiger partial charge in [0.2, 0.25) is 5.91 Å². The van der Waals surface area contributed by atoms with Crippen molar-refractivity contribution in [3.63, 3.8) is 0 Å². The quantitative estimate of drug-likeness (QED) is 0.891. The summed E-state index contributed by atoms with van der Waals surface area (Å²) in [5.74, 6) is 1.60. The summed E-state index contributed by atoms with van der Waals surface area (Å²) in [5.41, 5.74) is 4.18. The van der Waals surface area contributed by atoms with E-state index in [0.29, 0.717) is 13.0 Å². The SMILES string of the molecule is COc1ccc(CC(=O)NCc2cc(C)cc(C)c2OC)cc1. The zero-order valence-corrected chi connectivity index (χ0v) is 14.1. The lowest BCUT2D eigenvalue weighted by molar-refractivity contribution is -0.120. The van der Waals surface area contributed by atoms with Crippen LogP contribution in [0.3, 0.4) is 0 Å². The number of methoxy groups -OCH3 is 2. The largest absolute Gasteiger partial charge is 0.497 e. The van der Waals surface area contributed by atoms with Crippen LogP contribution in [0.5, 0.6) is 11.5 Å². The molecule has 122 valence electrons. The summed E-state index contributed by atoms with van der Waals surface area (Å²) in [6.07, 6.45) is 0.344. The zero-order chi connectivity index (χ0) is 16.8. The molecular weight excluding hydrogens is 290 g/mol. The van der Waals surface area contributed by atoms with Gasteiger partial charge in [-0.15, -0.1) is 0 Å². The minimum absolute atomic E-state index is 0.0172. The van der Waals surface area contributed by atoms with Crippen molar-refractivity contribution < 1.29 is 14.3 Å². The van der Waals surface area contributed by atoms with Crippen LogP contribution in [0.1, 0.15) is 22.3 Å². The van der Waals surface area contributed by atoms with Gasteiger partial charge in [0, 0.05) is 12.1 Å². The van der Waals surface area contributed by atoms with E-state index in [1.54, 1.807) is 14.2 Å². The average Bonchev–Trinajstić information content (AvgIpc) is 2.53. The molecule has 0 radical (unpaired) electrons. The van der Waals surface area contributed by atoms with E-state index in [9.17, 15) is 4.79 Å². The molecule has 0 spiro atoms. The molecule has 2 rings (SSSR count). The first-order valence-corrected chi connectivity index (χ1v) is 7.57. The Hall–Kier alpha value is -2.49. The number of ether oxygens (including phenoxy) is 2. The van der Waals surface area contributed by atoms with Gasteiger partial charge in [0.25, 0.3) is 0 Å². The van der Waals surface area contributed by atoms with E-state index in [2.05, 4.69) is 11.4 Å². The molecule has 0 aliphatic heterocycles. The van der Waals surface area contributed by atoms with Crippen molar-refractivity contribution in [1.82, 2.24) is 5.32 Å². The fourth-order valence-electron chi connectivity index (χ4n) is 2.65. The van der Waals surface area contributed by atoms with Gasteiger partial charge in [-0.1, -0.05) is 29.8 Å². The Bertz CT molecular complexity index is 678. The standard InChI is InChI=1S/C19H23NO3/c1-13-9-14(2)19(23-4)16(10-13)12-20-18(21)11-15-5-7-17(22-3)8-6-15/h5-10H,11-12H2,1-4H3,(H,20,21). The highest BCUT2D eigenvalue weighted by molar-refractivity contribution is 5.78. The van der Waals surface area contributed by atoms with E-state index in [1.165, 1.54) is 0 Å². The molecule has 0 unspecified atom stereocenters. The Balaban J connectivity index is 1.98. The third kappa shape index (κ3) is 4.49. The van der Waals surface area contributed by atoms with Crippen LogP contribution in [-0.2, 0) is 17.8 Å². The Kier molecular flexibility index (Phi) is 5.63. The van der Waals surface area contributed by atoms with Gasteiger partial charge in [0.1, 0.15) is 11.5 Å². The van der Waals surface area contributed by atoms with Crippen molar-refractivity contribution in [2.45, 2.75) is 26.8 Å². The van der Waals surface area contributed by atoms with Crippen molar-refractivity contribution in [3.8, 4) is 11.5 Å². The van der Waals surface area contributed by atoms with E-state index in [4.69, 9.17) is 9.47 Å². The lowest BCUT2D eigenvalue weighted by Gasteiger charge is -2.13. The normalized spacial score (nSPS) is 10.3. The molecule has 23 heavy (non-hydrogen) atoms. The van der Waals surface area contributed by atoms with E-state index in [1.807, 2.05) is 44.2 Å². The topological polar surface area (TPSA) is 47.6 Å². The molecule has 0 atom stereocenters. The summed E-state index contributed by atoms with van der Waals surface area (Å²) in [6, 6.07) is 11.6. The highest BCUT2D eigenvalue weighted by Crippen LogP contribution is 2.24.